The summed E-state index contributed by atoms with van der Waals surface area (Å²) in [6.45, 7) is 6.62. The lowest BCUT2D eigenvalue weighted by molar-refractivity contribution is -0.120. The fourth-order valence-electron chi connectivity index (χ4n) is 1.72. The van der Waals surface area contributed by atoms with Gasteiger partial charge in [0.05, 0.1) is 13.0 Å². The molecule has 21 heavy (non-hydrogen) atoms. The number of nitrogens with one attached hydrogen (secondary N) is 1. The van der Waals surface area contributed by atoms with E-state index in [2.05, 4.69) is 36.3 Å². The van der Waals surface area contributed by atoms with Gasteiger partial charge in [0.25, 0.3) is 0 Å². The van der Waals surface area contributed by atoms with Crippen LogP contribution in [0.1, 0.15) is 36.3 Å². The highest BCUT2D eigenvalue weighted by Crippen LogP contribution is 2.25. The number of hydrogen-bond acceptors (Lipinski definition) is 5. The molecule has 2 rings (SSSR count). The van der Waals surface area contributed by atoms with Gasteiger partial charge in [-0.2, -0.15) is 0 Å². The van der Waals surface area contributed by atoms with Crippen LogP contribution in [0.15, 0.2) is 24.3 Å². The van der Waals surface area contributed by atoms with Gasteiger partial charge in [-0.3, -0.25) is 4.79 Å². The average molecular weight is 305 g/mol. The standard InChI is InChI=1S/C15H19N3O2S/c1-15(2,3)14-18-17-13(21-14)9-16-12(20)8-10-5-4-6-11(19)7-10/h4-7,19H,8-9H2,1-3H3,(H,16,20). The number of amides is 1. The highest BCUT2D eigenvalue weighted by atomic mass is 32.1. The Morgan fingerprint density at radius 3 is 2.71 bits per heavy atom. The van der Waals surface area contributed by atoms with Crippen molar-refractivity contribution >= 4 is 17.2 Å². The van der Waals surface area contributed by atoms with Gasteiger partial charge in [0.2, 0.25) is 5.91 Å². The predicted molar refractivity (Wildman–Crippen MR) is 82.3 cm³/mol. The molecule has 0 saturated carbocycles. The van der Waals surface area contributed by atoms with E-state index in [1.165, 1.54) is 11.3 Å². The van der Waals surface area contributed by atoms with Gasteiger partial charge in [0, 0.05) is 5.41 Å². The molecule has 0 saturated heterocycles. The molecule has 0 atom stereocenters. The first kappa shape index (κ1) is 15.4. The topological polar surface area (TPSA) is 75.1 Å². The molecule has 6 heteroatoms. The minimum Gasteiger partial charge on any atom is -0.508 e. The maximum absolute atomic E-state index is 11.9. The summed E-state index contributed by atoms with van der Waals surface area (Å²) in [5.41, 5.74) is 0.752. The van der Waals surface area contributed by atoms with E-state index in [0.29, 0.717) is 6.54 Å². The van der Waals surface area contributed by atoms with E-state index in [-0.39, 0.29) is 23.5 Å². The van der Waals surface area contributed by atoms with Gasteiger partial charge < -0.3 is 10.4 Å². The monoisotopic (exact) mass is 305 g/mol. The second-order valence-corrected chi connectivity index (χ2v) is 6.94. The number of nitrogens with zero attached hydrogens (tertiary/aromatic N) is 2. The Morgan fingerprint density at radius 2 is 2.10 bits per heavy atom. The number of carbonyl (C=O) groups is 1. The molecule has 1 heterocycles. The van der Waals surface area contributed by atoms with Gasteiger partial charge in [0.15, 0.2) is 0 Å². The number of hydrogen-bond donors (Lipinski definition) is 2. The summed E-state index contributed by atoms with van der Waals surface area (Å²) in [6, 6.07) is 6.69. The van der Waals surface area contributed by atoms with Crippen molar-refractivity contribution in [1.29, 1.82) is 0 Å². The lowest BCUT2D eigenvalue weighted by Gasteiger charge is -2.12. The molecule has 5 nitrogen and oxygen atoms in total. The number of benzene rings is 1. The Balaban J connectivity index is 1.88. The first-order valence-electron chi connectivity index (χ1n) is 6.72. The molecule has 0 spiro atoms. The molecule has 1 aromatic heterocycles. The van der Waals surface area contributed by atoms with Crippen LogP contribution in [0.25, 0.3) is 0 Å². The van der Waals surface area contributed by atoms with Gasteiger partial charge in [-0.15, -0.1) is 10.2 Å². The number of phenols is 1. The van der Waals surface area contributed by atoms with E-state index in [9.17, 15) is 9.90 Å². The highest BCUT2D eigenvalue weighted by Gasteiger charge is 2.19. The number of phenolic OH excluding ortho intramolecular Hbond substituents is 1. The molecule has 0 radical (unpaired) electrons. The van der Waals surface area contributed by atoms with E-state index in [1.54, 1.807) is 18.2 Å². The van der Waals surface area contributed by atoms with Crippen molar-refractivity contribution in [2.75, 3.05) is 0 Å². The molecule has 1 aromatic carbocycles. The smallest absolute Gasteiger partial charge is 0.224 e. The zero-order valence-electron chi connectivity index (χ0n) is 12.4. The van der Waals surface area contributed by atoms with Crippen molar-refractivity contribution in [3.05, 3.63) is 39.8 Å². The molecule has 0 aliphatic carbocycles. The third kappa shape index (κ3) is 4.53. The van der Waals surface area contributed by atoms with E-state index >= 15 is 0 Å². The van der Waals surface area contributed by atoms with Gasteiger partial charge in [-0.05, 0) is 17.7 Å². The maximum Gasteiger partial charge on any atom is 0.224 e. The van der Waals surface area contributed by atoms with E-state index < -0.39 is 0 Å². The van der Waals surface area contributed by atoms with Crippen molar-refractivity contribution in [3.8, 4) is 5.75 Å². The molecule has 2 aromatic rings. The minimum absolute atomic E-state index is 0.0263. The van der Waals surface area contributed by atoms with Crippen LogP contribution < -0.4 is 5.32 Å². The molecular weight excluding hydrogens is 286 g/mol. The number of aromatic nitrogens is 2. The van der Waals surface area contributed by atoms with Crippen LogP contribution in [0.5, 0.6) is 5.75 Å². The third-order valence-electron chi connectivity index (χ3n) is 2.82. The normalized spacial score (nSPS) is 11.4. The SMILES string of the molecule is CC(C)(C)c1nnc(CNC(=O)Cc2cccc(O)c2)s1. The Hall–Kier alpha value is -1.95. The molecule has 0 aliphatic heterocycles. The Labute approximate surface area is 128 Å². The van der Waals surface area contributed by atoms with Gasteiger partial charge >= 0.3 is 0 Å². The Kier molecular flexibility index (Phi) is 4.57. The first-order chi connectivity index (χ1) is 9.84. The molecule has 0 fully saturated rings. The van der Waals surface area contributed by atoms with E-state index in [1.807, 2.05) is 6.07 Å². The third-order valence-corrected chi connectivity index (χ3v) is 4.17. The number of aromatic hydroxyl groups is 1. The summed E-state index contributed by atoms with van der Waals surface area (Å²) in [4.78, 5) is 11.9. The number of carbonyl (C=O) groups excluding carboxylic acids is 1. The summed E-state index contributed by atoms with van der Waals surface area (Å²) in [5, 5.41) is 22.2. The van der Waals surface area contributed by atoms with E-state index in [4.69, 9.17) is 0 Å². The molecule has 2 N–H and O–H groups in total. The van der Waals surface area contributed by atoms with Crippen LogP contribution in [0.4, 0.5) is 0 Å². The lowest BCUT2D eigenvalue weighted by Crippen LogP contribution is -2.24. The second kappa shape index (κ2) is 6.22. The Morgan fingerprint density at radius 1 is 1.33 bits per heavy atom. The molecule has 1 amide bonds. The van der Waals surface area contributed by atoms with Gasteiger partial charge in [-0.25, -0.2) is 0 Å². The summed E-state index contributed by atoms with van der Waals surface area (Å²) in [6.07, 6.45) is 0.235. The first-order valence-corrected chi connectivity index (χ1v) is 7.54. The highest BCUT2D eigenvalue weighted by molar-refractivity contribution is 7.11. The Bertz CT molecular complexity index is 632. The number of rotatable bonds is 4. The van der Waals surface area contributed by atoms with Crippen LogP contribution in [0, 0.1) is 0 Å². The summed E-state index contributed by atoms with van der Waals surface area (Å²) < 4.78 is 0. The molecule has 0 unspecified atom stereocenters. The largest absolute Gasteiger partial charge is 0.508 e. The summed E-state index contributed by atoms with van der Waals surface area (Å²) >= 11 is 1.51. The molecule has 0 aliphatic rings. The van der Waals surface area contributed by atoms with Crippen LogP contribution in [0.2, 0.25) is 0 Å². The van der Waals surface area contributed by atoms with Crippen molar-refractivity contribution in [1.82, 2.24) is 15.5 Å². The van der Waals surface area contributed by atoms with Gasteiger partial charge in [-0.1, -0.05) is 44.2 Å². The lowest BCUT2D eigenvalue weighted by atomic mass is 9.98. The van der Waals surface area contributed by atoms with Crippen LogP contribution in [0.3, 0.4) is 0 Å². The molecule has 0 bridgehead atoms. The van der Waals surface area contributed by atoms with E-state index in [0.717, 1.165) is 15.6 Å². The van der Waals surface area contributed by atoms with Crippen LogP contribution in [-0.4, -0.2) is 21.2 Å². The maximum atomic E-state index is 11.9. The average Bonchev–Trinajstić information content (AvgIpc) is 2.85. The van der Waals surface area contributed by atoms with Gasteiger partial charge in [0.1, 0.15) is 15.8 Å². The summed E-state index contributed by atoms with van der Waals surface area (Å²) in [5.74, 6) is 0.0624. The summed E-state index contributed by atoms with van der Waals surface area (Å²) in [7, 11) is 0. The fourth-order valence-corrected chi connectivity index (χ4v) is 2.55. The minimum atomic E-state index is -0.104. The van der Waals surface area contributed by atoms with Crippen LogP contribution in [-0.2, 0) is 23.2 Å². The zero-order valence-corrected chi connectivity index (χ0v) is 13.2. The molecule has 112 valence electrons. The molecular formula is C15H19N3O2S. The van der Waals surface area contributed by atoms with Crippen molar-refractivity contribution in [2.45, 2.75) is 39.2 Å². The second-order valence-electron chi connectivity index (χ2n) is 5.87. The van der Waals surface area contributed by atoms with Crippen LogP contribution >= 0.6 is 11.3 Å². The predicted octanol–water partition coefficient (Wildman–Crippen LogP) is 2.40. The van der Waals surface area contributed by atoms with Crippen molar-refractivity contribution in [2.24, 2.45) is 0 Å². The quantitative estimate of drug-likeness (QED) is 0.909. The van der Waals surface area contributed by atoms with Crippen molar-refractivity contribution in [3.63, 3.8) is 0 Å². The fraction of sp³-hybridized carbons (Fsp3) is 0.400. The zero-order chi connectivity index (χ0) is 15.5. The van der Waals surface area contributed by atoms with Crippen molar-refractivity contribution < 1.29 is 9.90 Å².